The van der Waals surface area contributed by atoms with Crippen LogP contribution in [0.2, 0.25) is 10.0 Å². The van der Waals surface area contributed by atoms with Gasteiger partial charge in [-0.15, -0.1) is 0 Å². The van der Waals surface area contributed by atoms with Crippen molar-refractivity contribution >= 4 is 58.0 Å². The number of halogens is 2. The molecular weight excluding hydrogens is 497 g/mol. The molecule has 2 amide bonds. The molecule has 1 heterocycles. The summed E-state index contributed by atoms with van der Waals surface area (Å²) in [5.74, 6) is 0.222. The Morgan fingerprint density at radius 3 is 2.22 bits per heavy atom. The molecule has 0 saturated heterocycles. The van der Waals surface area contributed by atoms with E-state index in [4.69, 9.17) is 23.2 Å². The maximum Gasteiger partial charge on any atom is 0.258 e. The predicted octanol–water partition coefficient (Wildman–Crippen LogP) is 6.79. The largest absolute Gasteiger partial charge is 0.326 e. The van der Waals surface area contributed by atoms with Gasteiger partial charge in [0.25, 0.3) is 5.91 Å². The highest BCUT2D eigenvalue weighted by Gasteiger charge is 2.29. The van der Waals surface area contributed by atoms with Crippen LogP contribution in [0.25, 0.3) is 11.3 Å². The van der Waals surface area contributed by atoms with E-state index in [1.807, 2.05) is 36.4 Å². The van der Waals surface area contributed by atoms with Gasteiger partial charge in [-0.25, -0.2) is 9.97 Å². The second-order valence-electron chi connectivity index (χ2n) is 8.36. The molecule has 0 atom stereocenters. The van der Waals surface area contributed by atoms with E-state index in [1.54, 1.807) is 42.6 Å². The second kappa shape index (κ2) is 10.4. The molecule has 1 aromatic heterocycles. The highest BCUT2D eigenvalue weighted by molar-refractivity contribution is 6.40. The van der Waals surface area contributed by atoms with E-state index in [0.717, 1.165) is 29.8 Å². The van der Waals surface area contributed by atoms with Crippen molar-refractivity contribution in [2.75, 3.05) is 16.0 Å². The van der Waals surface area contributed by atoms with E-state index in [0.29, 0.717) is 17.3 Å². The summed E-state index contributed by atoms with van der Waals surface area (Å²) in [7, 11) is 0. The fourth-order valence-corrected chi connectivity index (χ4v) is 4.18. The molecule has 1 saturated carbocycles. The van der Waals surface area contributed by atoms with Crippen molar-refractivity contribution in [3.05, 3.63) is 94.6 Å². The van der Waals surface area contributed by atoms with Crippen molar-refractivity contribution in [1.82, 2.24) is 9.97 Å². The molecule has 3 aromatic carbocycles. The molecule has 9 heteroatoms. The Morgan fingerprint density at radius 2 is 1.50 bits per heavy atom. The number of carbonyl (C=O) groups excluding carboxylic acids is 2. The van der Waals surface area contributed by atoms with Gasteiger partial charge in [0, 0.05) is 34.7 Å². The molecule has 0 spiro atoms. The summed E-state index contributed by atoms with van der Waals surface area (Å²) < 4.78 is 0. The summed E-state index contributed by atoms with van der Waals surface area (Å²) in [4.78, 5) is 33.6. The van der Waals surface area contributed by atoms with Crippen LogP contribution in [0.15, 0.2) is 79.0 Å². The summed E-state index contributed by atoms with van der Waals surface area (Å²) in [5.41, 5.74) is 3.84. The summed E-state index contributed by atoms with van der Waals surface area (Å²) in [6.07, 6.45) is 3.59. The fourth-order valence-electron chi connectivity index (χ4n) is 3.61. The number of anilines is 4. The quantitative estimate of drug-likeness (QED) is 0.250. The molecule has 1 aliphatic carbocycles. The summed E-state index contributed by atoms with van der Waals surface area (Å²) >= 11 is 12.3. The van der Waals surface area contributed by atoms with E-state index in [-0.39, 0.29) is 27.4 Å². The molecule has 3 N–H and O–H groups in total. The number of rotatable bonds is 7. The summed E-state index contributed by atoms with van der Waals surface area (Å²) in [6.45, 7) is 0. The van der Waals surface area contributed by atoms with Crippen LogP contribution in [0.5, 0.6) is 0 Å². The third-order valence-corrected chi connectivity index (χ3v) is 6.25. The molecule has 0 aliphatic heterocycles. The Labute approximate surface area is 217 Å². The van der Waals surface area contributed by atoms with Gasteiger partial charge in [0.15, 0.2) is 0 Å². The second-order valence-corrected chi connectivity index (χ2v) is 9.18. The van der Waals surface area contributed by atoms with Gasteiger partial charge in [-0.2, -0.15) is 0 Å². The molecule has 4 aromatic rings. The van der Waals surface area contributed by atoms with Crippen LogP contribution in [0.3, 0.4) is 0 Å². The average molecular weight is 518 g/mol. The lowest BCUT2D eigenvalue weighted by Gasteiger charge is -2.11. The van der Waals surface area contributed by atoms with E-state index in [2.05, 4.69) is 25.9 Å². The molecule has 180 valence electrons. The molecule has 0 radical (unpaired) electrons. The monoisotopic (exact) mass is 517 g/mol. The topological polar surface area (TPSA) is 96.0 Å². The first-order chi connectivity index (χ1) is 17.5. The Hall–Kier alpha value is -3.94. The Kier molecular flexibility index (Phi) is 6.84. The SMILES string of the molecule is O=C(Nc1cccc(Nc2nccc(-c3ccc(NC(=O)C4CC4)cc3)n2)c1)c1c(Cl)cccc1Cl. The normalized spacial score (nSPS) is 12.6. The molecule has 5 rings (SSSR count). The number of hydrogen-bond donors (Lipinski definition) is 3. The van der Waals surface area contributed by atoms with Gasteiger partial charge in [-0.1, -0.05) is 47.5 Å². The number of nitrogens with zero attached hydrogens (tertiary/aromatic N) is 2. The highest BCUT2D eigenvalue weighted by Crippen LogP contribution is 2.31. The third kappa shape index (κ3) is 5.64. The number of nitrogens with one attached hydrogen (secondary N) is 3. The number of aromatic nitrogens is 2. The fraction of sp³-hybridized carbons (Fsp3) is 0.111. The van der Waals surface area contributed by atoms with Crippen molar-refractivity contribution in [2.24, 2.45) is 5.92 Å². The highest BCUT2D eigenvalue weighted by atomic mass is 35.5. The third-order valence-electron chi connectivity index (χ3n) is 5.62. The zero-order chi connectivity index (χ0) is 25.1. The zero-order valence-corrected chi connectivity index (χ0v) is 20.5. The van der Waals surface area contributed by atoms with E-state index < -0.39 is 5.91 Å². The molecule has 1 aliphatic rings. The molecule has 7 nitrogen and oxygen atoms in total. The van der Waals surface area contributed by atoms with Crippen molar-refractivity contribution in [3.63, 3.8) is 0 Å². The van der Waals surface area contributed by atoms with Crippen LogP contribution in [0, 0.1) is 5.92 Å². The summed E-state index contributed by atoms with van der Waals surface area (Å²) in [6, 6.07) is 21.4. The molecular formula is C27H21Cl2N5O2. The smallest absolute Gasteiger partial charge is 0.258 e. The minimum atomic E-state index is -0.405. The average Bonchev–Trinajstić information content (AvgIpc) is 3.71. The number of hydrogen-bond acceptors (Lipinski definition) is 5. The Balaban J connectivity index is 1.27. The van der Waals surface area contributed by atoms with Gasteiger partial charge in [0.2, 0.25) is 11.9 Å². The first kappa shape index (κ1) is 23.8. The Morgan fingerprint density at radius 1 is 0.806 bits per heavy atom. The van der Waals surface area contributed by atoms with Crippen molar-refractivity contribution in [1.29, 1.82) is 0 Å². The first-order valence-electron chi connectivity index (χ1n) is 11.3. The molecule has 0 bridgehead atoms. The predicted molar refractivity (Wildman–Crippen MR) is 143 cm³/mol. The maximum absolute atomic E-state index is 12.7. The lowest BCUT2D eigenvalue weighted by Crippen LogP contribution is -2.13. The molecule has 36 heavy (non-hydrogen) atoms. The zero-order valence-electron chi connectivity index (χ0n) is 19.0. The van der Waals surface area contributed by atoms with Crippen LogP contribution in [-0.2, 0) is 4.79 Å². The van der Waals surface area contributed by atoms with Gasteiger partial charge >= 0.3 is 0 Å². The van der Waals surface area contributed by atoms with Crippen LogP contribution >= 0.6 is 23.2 Å². The van der Waals surface area contributed by atoms with Crippen LogP contribution < -0.4 is 16.0 Å². The van der Waals surface area contributed by atoms with Gasteiger partial charge < -0.3 is 16.0 Å². The number of amides is 2. The Bertz CT molecular complexity index is 1420. The maximum atomic E-state index is 12.7. The van der Waals surface area contributed by atoms with E-state index in [9.17, 15) is 9.59 Å². The van der Waals surface area contributed by atoms with E-state index in [1.165, 1.54) is 0 Å². The lowest BCUT2D eigenvalue weighted by molar-refractivity contribution is -0.117. The lowest BCUT2D eigenvalue weighted by atomic mass is 10.1. The van der Waals surface area contributed by atoms with Gasteiger partial charge in [-0.3, -0.25) is 9.59 Å². The van der Waals surface area contributed by atoms with Gasteiger partial charge in [0.1, 0.15) is 0 Å². The van der Waals surface area contributed by atoms with Crippen molar-refractivity contribution in [3.8, 4) is 11.3 Å². The number of carbonyl (C=O) groups is 2. The van der Waals surface area contributed by atoms with E-state index >= 15 is 0 Å². The van der Waals surface area contributed by atoms with Crippen molar-refractivity contribution in [2.45, 2.75) is 12.8 Å². The minimum absolute atomic E-state index is 0.0738. The van der Waals surface area contributed by atoms with Crippen molar-refractivity contribution < 1.29 is 9.59 Å². The van der Waals surface area contributed by atoms with Crippen LogP contribution in [0.1, 0.15) is 23.2 Å². The minimum Gasteiger partial charge on any atom is -0.326 e. The summed E-state index contributed by atoms with van der Waals surface area (Å²) in [5, 5.41) is 9.46. The standard InChI is InChI=1S/C27H21Cl2N5O2/c28-21-5-2-6-22(29)24(21)26(36)32-19-3-1-4-20(15-19)33-27-30-14-13-23(34-27)16-9-11-18(12-10-16)31-25(35)17-7-8-17/h1-6,9-15,17H,7-8H2,(H,31,35)(H,32,36)(H,30,33,34). The number of benzene rings is 3. The van der Waals surface area contributed by atoms with Crippen LogP contribution in [-0.4, -0.2) is 21.8 Å². The molecule has 0 unspecified atom stereocenters. The van der Waals surface area contributed by atoms with Gasteiger partial charge in [-0.05, 0) is 61.4 Å². The molecule has 1 fully saturated rings. The van der Waals surface area contributed by atoms with Gasteiger partial charge in [0.05, 0.1) is 21.3 Å². The first-order valence-corrected chi connectivity index (χ1v) is 12.1. The van der Waals surface area contributed by atoms with Crippen LogP contribution in [0.4, 0.5) is 23.0 Å².